The zero-order valence-corrected chi connectivity index (χ0v) is 14.5. The van der Waals surface area contributed by atoms with Gasteiger partial charge >= 0.3 is 0 Å². The fraction of sp³-hybridized carbons (Fsp3) is 0.0667. The van der Waals surface area contributed by atoms with Gasteiger partial charge in [-0.05, 0) is 23.8 Å². The lowest BCUT2D eigenvalue weighted by Crippen LogP contribution is -2.13. The first-order valence-corrected chi connectivity index (χ1v) is 9.90. The maximum Gasteiger partial charge on any atom is 0.261 e. The van der Waals surface area contributed by atoms with E-state index in [0.29, 0.717) is 27.2 Å². The van der Waals surface area contributed by atoms with Crippen LogP contribution in [0.2, 0.25) is 5.02 Å². The molecule has 126 valence electrons. The molecule has 1 heterocycles. The Morgan fingerprint density at radius 1 is 1.17 bits per heavy atom. The van der Waals surface area contributed by atoms with Crippen molar-refractivity contribution in [1.29, 1.82) is 0 Å². The third kappa shape index (κ3) is 3.46. The normalized spacial score (nSPS) is 13.1. The van der Waals surface area contributed by atoms with Gasteiger partial charge < -0.3 is 9.54 Å². The minimum Gasteiger partial charge on any atom is -0.772 e. The van der Waals surface area contributed by atoms with E-state index in [1.165, 1.54) is 24.3 Å². The van der Waals surface area contributed by atoms with Crippen molar-refractivity contribution in [3.05, 3.63) is 59.2 Å². The molecular weight excluding hydrogens is 372 g/mol. The molecule has 2 N–H and O–H groups in total. The predicted molar refractivity (Wildman–Crippen MR) is 93.2 cm³/mol. The first-order chi connectivity index (χ1) is 11.4. The molecule has 3 rings (SSSR count). The molecule has 0 saturated carbocycles. The van der Waals surface area contributed by atoms with Crippen molar-refractivity contribution in [3.63, 3.8) is 0 Å². The number of hydrogen-bond donors (Lipinski definition) is 2. The number of rotatable bonds is 5. The summed E-state index contributed by atoms with van der Waals surface area (Å²) in [4.78, 5) is 2.97. The number of anilines is 1. The highest BCUT2D eigenvalue weighted by molar-refractivity contribution is 7.92. The van der Waals surface area contributed by atoms with E-state index in [9.17, 15) is 17.2 Å². The van der Waals surface area contributed by atoms with Crippen molar-refractivity contribution < 1.29 is 17.2 Å². The average molecular weight is 384 g/mol. The van der Waals surface area contributed by atoms with Crippen molar-refractivity contribution in [2.45, 2.75) is 10.6 Å². The number of aromatic amines is 1. The second-order valence-electron chi connectivity index (χ2n) is 5.06. The van der Waals surface area contributed by atoms with Gasteiger partial charge in [0.05, 0.1) is 21.1 Å². The maximum absolute atomic E-state index is 12.5. The van der Waals surface area contributed by atoms with E-state index in [4.69, 9.17) is 11.6 Å². The van der Waals surface area contributed by atoms with Crippen LogP contribution >= 0.6 is 11.6 Å². The van der Waals surface area contributed by atoms with E-state index in [-0.39, 0.29) is 10.6 Å². The molecule has 0 bridgehead atoms. The number of benzene rings is 2. The summed E-state index contributed by atoms with van der Waals surface area (Å²) in [5.74, 6) is -0.159. The third-order valence-corrected chi connectivity index (χ3v) is 5.69. The first kappa shape index (κ1) is 17.0. The van der Waals surface area contributed by atoms with Gasteiger partial charge in [-0.3, -0.25) is 8.93 Å². The molecule has 0 fully saturated rings. The van der Waals surface area contributed by atoms with Crippen molar-refractivity contribution >= 4 is 49.3 Å². The Kier molecular flexibility index (Phi) is 4.64. The van der Waals surface area contributed by atoms with Gasteiger partial charge in [0.2, 0.25) is 0 Å². The van der Waals surface area contributed by atoms with E-state index in [2.05, 4.69) is 9.71 Å². The van der Waals surface area contributed by atoms with Gasteiger partial charge in [0.15, 0.2) is 0 Å². The van der Waals surface area contributed by atoms with Gasteiger partial charge in [-0.1, -0.05) is 46.9 Å². The quantitative estimate of drug-likeness (QED) is 0.661. The lowest BCUT2D eigenvalue weighted by molar-refractivity contribution is 0.536. The molecule has 6 nitrogen and oxygen atoms in total. The summed E-state index contributed by atoms with van der Waals surface area (Å²) >= 11 is 3.81. The van der Waals surface area contributed by atoms with E-state index in [1.54, 1.807) is 24.4 Å². The van der Waals surface area contributed by atoms with E-state index in [0.717, 1.165) is 0 Å². The highest BCUT2D eigenvalue weighted by Gasteiger charge is 2.16. The standard InChI is InChI=1S/C15H13ClN2O4S2/c16-13-8-17-15-12(13)2-1-3-14(15)18-24(21,22)11-6-4-10(5-7-11)9-23(19)20/h1-8,17-18H,9H2,(H,19,20)/p-1. The summed E-state index contributed by atoms with van der Waals surface area (Å²) in [6.07, 6.45) is 1.59. The van der Waals surface area contributed by atoms with E-state index >= 15 is 0 Å². The largest absolute Gasteiger partial charge is 0.772 e. The molecule has 0 radical (unpaired) electrons. The molecule has 1 aromatic heterocycles. The van der Waals surface area contributed by atoms with Crippen LogP contribution in [-0.4, -0.2) is 22.2 Å². The monoisotopic (exact) mass is 383 g/mol. The Bertz CT molecular complexity index is 1010. The van der Waals surface area contributed by atoms with Crippen LogP contribution in [0.5, 0.6) is 0 Å². The lowest BCUT2D eigenvalue weighted by atomic mass is 10.2. The van der Waals surface area contributed by atoms with Crippen LogP contribution in [0.1, 0.15) is 5.56 Å². The number of fused-ring (bicyclic) bond motifs is 1. The zero-order chi connectivity index (χ0) is 17.3. The smallest absolute Gasteiger partial charge is 0.261 e. The van der Waals surface area contributed by atoms with Gasteiger partial charge in [-0.25, -0.2) is 8.42 Å². The summed E-state index contributed by atoms with van der Waals surface area (Å²) in [5, 5.41) is 1.21. The molecule has 0 aliphatic rings. The number of para-hydroxylation sites is 1. The van der Waals surface area contributed by atoms with Gasteiger partial charge in [0.25, 0.3) is 10.0 Å². The summed E-state index contributed by atoms with van der Waals surface area (Å²) in [6, 6.07) is 10.8. The fourth-order valence-electron chi connectivity index (χ4n) is 2.31. The summed E-state index contributed by atoms with van der Waals surface area (Å²) in [5.41, 5.74) is 1.48. The third-order valence-electron chi connectivity index (χ3n) is 3.43. The van der Waals surface area contributed by atoms with Crippen LogP contribution in [-0.2, 0) is 26.9 Å². The van der Waals surface area contributed by atoms with Gasteiger partial charge in [0.1, 0.15) is 0 Å². The molecule has 0 aliphatic carbocycles. The zero-order valence-electron chi connectivity index (χ0n) is 12.2. The van der Waals surface area contributed by atoms with Crippen molar-refractivity contribution in [2.24, 2.45) is 0 Å². The fourth-order valence-corrected chi connectivity index (χ4v) is 4.06. The lowest BCUT2D eigenvalue weighted by Gasteiger charge is -2.10. The topological polar surface area (TPSA) is 102 Å². The second kappa shape index (κ2) is 6.56. The molecule has 0 spiro atoms. The van der Waals surface area contributed by atoms with E-state index < -0.39 is 21.1 Å². The average Bonchev–Trinajstić information content (AvgIpc) is 2.90. The molecule has 1 unspecified atom stereocenters. The highest BCUT2D eigenvalue weighted by Crippen LogP contribution is 2.29. The van der Waals surface area contributed by atoms with Gasteiger partial charge in [-0.2, -0.15) is 0 Å². The molecule has 0 amide bonds. The number of aromatic nitrogens is 1. The summed E-state index contributed by atoms with van der Waals surface area (Å²) in [7, 11) is -3.81. The first-order valence-electron chi connectivity index (χ1n) is 6.80. The van der Waals surface area contributed by atoms with E-state index in [1.807, 2.05) is 0 Å². The van der Waals surface area contributed by atoms with Crippen LogP contribution in [0, 0.1) is 0 Å². The van der Waals surface area contributed by atoms with Gasteiger partial charge in [-0.15, -0.1) is 0 Å². The SMILES string of the molecule is O=S([O-])Cc1ccc(S(=O)(=O)Nc2cccc3c(Cl)c[nH]c23)cc1. The molecule has 0 aliphatic heterocycles. The molecule has 2 aromatic carbocycles. The number of halogens is 1. The second-order valence-corrected chi connectivity index (χ2v) is 8.05. The molecule has 3 aromatic rings. The summed E-state index contributed by atoms with van der Waals surface area (Å²) < 4.78 is 48.9. The van der Waals surface area contributed by atoms with Crippen molar-refractivity contribution in [1.82, 2.24) is 4.98 Å². The Labute approximate surface area is 146 Å². The molecule has 24 heavy (non-hydrogen) atoms. The number of sulfonamides is 1. The highest BCUT2D eigenvalue weighted by atomic mass is 35.5. The van der Waals surface area contributed by atoms with Crippen molar-refractivity contribution in [2.75, 3.05) is 4.72 Å². The Morgan fingerprint density at radius 3 is 2.54 bits per heavy atom. The van der Waals surface area contributed by atoms with Crippen LogP contribution in [0.25, 0.3) is 10.9 Å². The minimum absolute atomic E-state index is 0.0394. The van der Waals surface area contributed by atoms with Crippen LogP contribution in [0.15, 0.2) is 53.6 Å². The number of nitrogens with one attached hydrogen (secondary N) is 2. The Morgan fingerprint density at radius 2 is 1.88 bits per heavy atom. The number of hydrogen-bond acceptors (Lipinski definition) is 4. The maximum atomic E-state index is 12.5. The van der Waals surface area contributed by atoms with Gasteiger partial charge in [0, 0.05) is 17.3 Å². The molecule has 0 saturated heterocycles. The number of H-pyrrole nitrogens is 1. The minimum atomic E-state index is -3.81. The molecular formula is C15H12ClN2O4S2-. The molecule has 9 heteroatoms. The van der Waals surface area contributed by atoms with Crippen molar-refractivity contribution in [3.8, 4) is 0 Å². The van der Waals surface area contributed by atoms with Crippen LogP contribution in [0.3, 0.4) is 0 Å². The molecule has 1 atom stereocenters. The summed E-state index contributed by atoms with van der Waals surface area (Å²) in [6.45, 7) is 0. The predicted octanol–water partition coefficient (Wildman–Crippen LogP) is 3.00. The Balaban J connectivity index is 1.91. The van der Waals surface area contributed by atoms with Crippen LogP contribution in [0.4, 0.5) is 5.69 Å². The van der Waals surface area contributed by atoms with Crippen LogP contribution < -0.4 is 4.72 Å². The Hall–Kier alpha value is -1.87.